The molecular weight excluding hydrogens is 166 g/mol. The van der Waals surface area contributed by atoms with Gasteiger partial charge in [-0.15, -0.1) is 0 Å². The Balaban J connectivity index is 2.50. The zero-order chi connectivity index (χ0) is 8.27. The summed E-state index contributed by atoms with van der Waals surface area (Å²) in [6.07, 6.45) is 1.32. The molecule has 0 saturated carbocycles. The van der Waals surface area contributed by atoms with E-state index in [2.05, 4.69) is 15.2 Å². The lowest BCUT2D eigenvalue weighted by Crippen LogP contribution is -2.31. The van der Waals surface area contributed by atoms with Gasteiger partial charge in [0.15, 0.2) is 5.16 Å². The molecule has 1 N–H and O–H groups in total. The van der Waals surface area contributed by atoms with Crippen molar-refractivity contribution in [2.24, 2.45) is 0 Å². The number of H-pyrrole nitrogens is 1. The van der Waals surface area contributed by atoms with E-state index in [0.717, 1.165) is 11.8 Å². The Hall–Kier alpha value is -1.04. The second kappa shape index (κ2) is 3.38. The minimum Gasteiger partial charge on any atom is -0.549 e. The quantitative estimate of drug-likeness (QED) is 0.593. The number of carboxylic acid groups (broad SMARTS) is 1. The molecular formula is C5H6N3O2S-. The molecule has 1 atom stereocenters. The number of aromatic amines is 1. The van der Waals surface area contributed by atoms with E-state index in [0.29, 0.717) is 5.16 Å². The summed E-state index contributed by atoms with van der Waals surface area (Å²) in [4.78, 5) is 14.0. The van der Waals surface area contributed by atoms with Gasteiger partial charge < -0.3 is 9.90 Å². The SMILES string of the molecule is CC(Sc1ncn[nH]1)C(=O)[O-]. The molecule has 6 heteroatoms. The molecule has 1 aromatic heterocycles. The van der Waals surface area contributed by atoms with E-state index in [4.69, 9.17) is 0 Å². The van der Waals surface area contributed by atoms with Gasteiger partial charge >= 0.3 is 0 Å². The average Bonchev–Trinajstić information content (AvgIpc) is 2.39. The summed E-state index contributed by atoms with van der Waals surface area (Å²) in [6.45, 7) is 1.53. The summed E-state index contributed by atoms with van der Waals surface area (Å²) >= 11 is 1.07. The van der Waals surface area contributed by atoms with Crippen molar-refractivity contribution in [2.75, 3.05) is 0 Å². The molecule has 0 spiro atoms. The first-order valence-electron chi connectivity index (χ1n) is 2.93. The van der Waals surface area contributed by atoms with Gasteiger partial charge in [0.1, 0.15) is 6.33 Å². The third kappa shape index (κ3) is 2.23. The molecule has 0 aromatic carbocycles. The molecule has 1 unspecified atom stereocenters. The number of carbonyl (C=O) groups is 1. The molecule has 1 heterocycles. The van der Waals surface area contributed by atoms with E-state index in [1.807, 2.05) is 0 Å². The van der Waals surface area contributed by atoms with Crippen LogP contribution in [0.25, 0.3) is 0 Å². The van der Waals surface area contributed by atoms with Crippen LogP contribution in [0, 0.1) is 0 Å². The Morgan fingerprint density at radius 2 is 2.64 bits per heavy atom. The van der Waals surface area contributed by atoms with Crippen LogP contribution < -0.4 is 5.11 Å². The fourth-order valence-electron chi connectivity index (χ4n) is 0.467. The molecule has 0 radical (unpaired) electrons. The van der Waals surface area contributed by atoms with Crippen molar-refractivity contribution < 1.29 is 9.90 Å². The van der Waals surface area contributed by atoms with Gasteiger partial charge in [0.05, 0.1) is 5.97 Å². The van der Waals surface area contributed by atoms with Gasteiger partial charge in [-0.1, -0.05) is 11.8 Å². The number of rotatable bonds is 3. The number of carboxylic acids is 1. The van der Waals surface area contributed by atoms with Crippen molar-refractivity contribution >= 4 is 17.7 Å². The minimum atomic E-state index is -1.11. The van der Waals surface area contributed by atoms with Crippen LogP contribution in [-0.4, -0.2) is 26.4 Å². The first kappa shape index (κ1) is 8.06. The fraction of sp³-hybridized carbons (Fsp3) is 0.400. The highest BCUT2D eigenvalue weighted by molar-refractivity contribution is 8.00. The molecule has 5 nitrogen and oxygen atoms in total. The Bertz CT molecular complexity index is 236. The number of hydrogen-bond donors (Lipinski definition) is 1. The van der Waals surface area contributed by atoms with Crippen LogP contribution >= 0.6 is 11.8 Å². The van der Waals surface area contributed by atoms with Crippen LogP contribution in [0.15, 0.2) is 11.5 Å². The standard InChI is InChI=1S/C5H7N3O2S/c1-3(4(9)10)11-5-6-2-7-8-5/h2-3H,1H3,(H,9,10)(H,6,7,8)/p-1. The molecule has 0 fully saturated rings. The molecule has 0 amide bonds. The van der Waals surface area contributed by atoms with Gasteiger partial charge in [-0.2, -0.15) is 5.10 Å². The van der Waals surface area contributed by atoms with Crippen molar-refractivity contribution in [3.8, 4) is 0 Å². The summed E-state index contributed by atoms with van der Waals surface area (Å²) in [5.41, 5.74) is 0. The highest BCUT2D eigenvalue weighted by Gasteiger charge is 2.06. The molecule has 0 saturated heterocycles. The summed E-state index contributed by atoms with van der Waals surface area (Å²) in [6, 6.07) is 0. The molecule has 1 aromatic rings. The second-order valence-electron chi connectivity index (χ2n) is 1.87. The van der Waals surface area contributed by atoms with Crippen LogP contribution in [-0.2, 0) is 4.79 Å². The van der Waals surface area contributed by atoms with Gasteiger partial charge in [-0.3, -0.25) is 5.10 Å². The van der Waals surface area contributed by atoms with Gasteiger partial charge in [0.25, 0.3) is 0 Å². The van der Waals surface area contributed by atoms with Gasteiger partial charge in [0, 0.05) is 5.25 Å². The van der Waals surface area contributed by atoms with E-state index >= 15 is 0 Å². The largest absolute Gasteiger partial charge is 0.549 e. The topological polar surface area (TPSA) is 81.7 Å². The van der Waals surface area contributed by atoms with Crippen molar-refractivity contribution in [3.63, 3.8) is 0 Å². The molecule has 0 aliphatic rings. The Morgan fingerprint density at radius 3 is 3.09 bits per heavy atom. The number of nitrogens with one attached hydrogen (secondary N) is 1. The first-order chi connectivity index (χ1) is 5.20. The summed E-state index contributed by atoms with van der Waals surface area (Å²) in [5, 5.41) is 16.2. The Kier molecular flexibility index (Phi) is 2.48. The maximum atomic E-state index is 10.2. The number of aromatic nitrogens is 3. The van der Waals surface area contributed by atoms with Crippen LogP contribution in [0.3, 0.4) is 0 Å². The maximum Gasteiger partial charge on any atom is 0.184 e. The van der Waals surface area contributed by atoms with Crippen molar-refractivity contribution in [1.82, 2.24) is 15.2 Å². The smallest absolute Gasteiger partial charge is 0.184 e. The number of hydrogen-bond acceptors (Lipinski definition) is 5. The van der Waals surface area contributed by atoms with Crippen molar-refractivity contribution in [1.29, 1.82) is 0 Å². The lowest BCUT2D eigenvalue weighted by molar-refractivity contribution is -0.304. The van der Waals surface area contributed by atoms with Crippen LogP contribution in [0.4, 0.5) is 0 Å². The number of carbonyl (C=O) groups excluding carboxylic acids is 1. The van der Waals surface area contributed by atoms with Crippen LogP contribution in [0.1, 0.15) is 6.92 Å². The van der Waals surface area contributed by atoms with Crippen LogP contribution in [0.2, 0.25) is 0 Å². The predicted molar refractivity (Wildman–Crippen MR) is 36.7 cm³/mol. The molecule has 1 rings (SSSR count). The average molecular weight is 172 g/mol. The monoisotopic (exact) mass is 172 g/mol. The highest BCUT2D eigenvalue weighted by atomic mass is 32.2. The van der Waals surface area contributed by atoms with E-state index in [1.54, 1.807) is 0 Å². The fourth-order valence-corrected chi connectivity index (χ4v) is 1.11. The molecule has 0 bridgehead atoms. The van der Waals surface area contributed by atoms with Gasteiger partial charge in [-0.25, -0.2) is 4.98 Å². The predicted octanol–water partition coefficient (Wildman–Crippen LogP) is -0.965. The lowest BCUT2D eigenvalue weighted by Gasteiger charge is -2.08. The zero-order valence-corrected chi connectivity index (χ0v) is 6.59. The van der Waals surface area contributed by atoms with Crippen LogP contribution in [0.5, 0.6) is 0 Å². The lowest BCUT2D eigenvalue weighted by atomic mass is 10.5. The minimum absolute atomic E-state index is 0.488. The van der Waals surface area contributed by atoms with E-state index in [-0.39, 0.29) is 0 Å². The Morgan fingerprint density at radius 1 is 1.91 bits per heavy atom. The van der Waals surface area contributed by atoms with E-state index in [9.17, 15) is 9.90 Å². The van der Waals surface area contributed by atoms with Gasteiger partial charge in [0.2, 0.25) is 0 Å². The Labute approximate surface area is 67.2 Å². The van der Waals surface area contributed by atoms with Gasteiger partial charge in [-0.05, 0) is 6.92 Å². The summed E-state index contributed by atoms with van der Waals surface area (Å²) in [7, 11) is 0. The maximum absolute atomic E-state index is 10.2. The number of thioether (sulfide) groups is 1. The molecule has 60 valence electrons. The third-order valence-electron chi connectivity index (χ3n) is 1.01. The molecule has 11 heavy (non-hydrogen) atoms. The zero-order valence-electron chi connectivity index (χ0n) is 5.77. The molecule has 0 aliphatic carbocycles. The highest BCUT2D eigenvalue weighted by Crippen LogP contribution is 2.16. The summed E-state index contributed by atoms with van der Waals surface area (Å²) < 4.78 is 0. The van der Waals surface area contributed by atoms with Crippen molar-refractivity contribution in [3.05, 3.63) is 6.33 Å². The van der Waals surface area contributed by atoms with Crippen molar-refractivity contribution in [2.45, 2.75) is 17.3 Å². The number of aliphatic carboxylic acids is 1. The second-order valence-corrected chi connectivity index (χ2v) is 3.20. The van der Waals surface area contributed by atoms with E-state index < -0.39 is 11.2 Å². The third-order valence-corrected chi connectivity index (χ3v) is 1.98. The summed E-state index contributed by atoms with van der Waals surface area (Å²) in [5.74, 6) is -1.11. The van der Waals surface area contributed by atoms with E-state index in [1.165, 1.54) is 13.3 Å². The first-order valence-corrected chi connectivity index (χ1v) is 3.81. The number of nitrogens with zero attached hydrogens (tertiary/aromatic N) is 2. The normalized spacial score (nSPS) is 12.8. The molecule has 0 aliphatic heterocycles.